The second kappa shape index (κ2) is 15.8. The first-order valence-corrected chi connectivity index (χ1v) is 24.6. The van der Waals surface area contributed by atoms with Crippen molar-refractivity contribution in [3.8, 4) is 50.2 Å². The van der Waals surface area contributed by atoms with Crippen LogP contribution in [0.4, 0.5) is 17.1 Å². The van der Waals surface area contributed by atoms with E-state index in [1.165, 1.54) is 103 Å². The van der Waals surface area contributed by atoms with Crippen LogP contribution in [0.25, 0.3) is 72.0 Å². The molecule has 67 heavy (non-hydrogen) atoms. The number of hydrogen-bond donors (Lipinski definition) is 0. The fourth-order valence-corrected chi connectivity index (χ4v) is 13.2. The summed E-state index contributed by atoms with van der Waals surface area (Å²) in [4.78, 5) is 7.77. The van der Waals surface area contributed by atoms with E-state index < -0.39 is 0 Å². The third-order valence-corrected chi connectivity index (χ3v) is 16.4. The van der Waals surface area contributed by atoms with Gasteiger partial charge in [-0.3, -0.25) is 0 Å². The molecule has 318 valence electrons. The van der Waals surface area contributed by atoms with E-state index >= 15 is 0 Å². The third-order valence-electron chi connectivity index (χ3n) is 13.8. The van der Waals surface area contributed by atoms with Crippen molar-refractivity contribution in [2.24, 2.45) is 0 Å². The number of fused-ring (bicyclic) bond motifs is 10. The van der Waals surface area contributed by atoms with Crippen LogP contribution in [0.2, 0.25) is 0 Å². The van der Waals surface area contributed by atoms with Gasteiger partial charge in [-0.15, -0.1) is 0 Å². The molecule has 10 aromatic carbocycles. The van der Waals surface area contributed by atoms with Gasteiger partial charge in [0.2, 0.25) is 0 Å². The van der Waals surface area contributed by atoms with Gasteiger partial charge in [0.1, 0.15) is 0 Å². The van der Waals surface area contributed by atoms with Crippen molar-refractivity contribution in [2.75, 3.05) is 4.90 Å². The van der Waals surface area contributed by atoms with Crippen LogP contribution >= 0.6 is 23.5 Å². The summed E-state index contributed by atoms with van der Waals surface area (Å²) in [6, 6.07) is 84.4. The highest BCUT2D eigenvalue weighted by Crippen LogP contribution is 2.60. The monoisotopic (exact) mass is 892 g/mol. The molecule has 0 N–H and O–H groups in total. The Labute approximate surface area is 400 Å². The summed E-state index contributed by atoms with van der Waals surface area (Å²) in [5, 5.41) is 2.58. The maximum Gasteiger partial charge on any atom is 0.0588 e. The topological polar surface area (TPSA) is 8.17 Å². The van der Waals surface area contributed by atoms with Crippen LogP contribution in [-0.2, 0) is 5.41 Å². The predicted octanol–water partition coefficient (Wildman–Crippen LogP) is 18.2. The van der Waals surface area contributed by atoms with Crippen LogP contribution in [0, 0.1) is 0 Å². The number of hydrogen-bond acceptors (Lipinski definition) is 3. The lowest BCUT2D eigenvalue weighted by atomic mass is 9.81. The van der Waals surface area contributed by atoms with Gasteiger partial charge < -0.3 is 9.47 Å². The van der Waals surface area contributed by atoms with Gasteiger partial charge in [0.05, 0.1) is 11.0 Å². The molecule has 0 spiro atoms. The molecule has 0 amide bonds. The van der Waals surface area contributed by atoms with Gasteiger partial charge in [0.15, 0.2) is 0 Å². The van der Waals surface area contributed by atoms with Crippen LogP contribution in [0.5, 0.6) is 0 Å². The Balaban J connectivity index is 0.811. The molecule has 13 rings (SSSR count). The molecule has 0 saturated heterocycles. The maximum atomic E-state index is 2.52. The number of benzene rings is 10. The molecule has 1 aromatic heterocycles. The van der Waals surface area contributed by atoms with E-state index in [9.17, 15) is 0 Å². The maximum absolute atomic E-state index is 2.52. The molecular weight excluding hydrogens is 849 g/mol. The number of aromatic nitrogens is 1. The quantitative estimate of drug-likeness (QED) is 0.158. The van der Waals surface area contributed by atoms with Crippen LogP contribution in [-0.4, -0.2) is 4.57 Å². The average molecular weight is 893 g/mol. The summed E-state index contributed by atoms with van der Waals surface area (Å²) in [5.41, 5.74) is 19.6. The molecule has 2 aliphatic rings. The highest BCUT2D eigenvalue weighted by Gasteiger charge is 2.42. The first kappa shape index (κ1) is 39.8. The Hall–Kier alpha value is -7.50. The average Bonchev–Trinajstić information content (AvgIpc) is 3.85. The van der Waals surface area contributed by atoms with Crippen molar-refractivity contribution in [3.05, 3.63) is 242 Å². The Morgan fingerprint density at radius 1 is 0.358 bits per heavy atom. The standard InChI is InChI=1S/C63H44N2S2/c1-63(2)59-52(53-39-40-58-62(60(53)63)67-57-20-12-11-19-56(57)66-58)37-38-54-51-17-9-10-18-55(51)65(61(54)59)50-35-29-46(30-36-50)43-23-21-42(22-24-43)45-27-33-49(34-28-45)64(47-15-7-4-8-16-47)48-31-25-44(26-32-48)41-13-5-3-6-14-41/h3-40H,1-2H3. The second-order valence-electron chi connectivity index (χ2n) is 18.1. The van der Waals surface area contributed by atoms with E-state index in [-0.39, 0.29) is 5.41 Å². The van der Waals surface area contributed by atoms with Gasteiger partial charge in [-0.1, -0.05) is 195 Å². The molecule has 11 aromatic rings. The van der Waals surface area contributed by atoms with Crippen molar-refractivity contribution in [1.29, 1.82) is 0 Å². The summed E-state index contributed by atoms with van der Waals surface area (Å²) < 4.78 is 2.52. The summed E-state index contributed by atoms with van der Waals surface area (Å²) >= 11 is 3.85. The smallest absolute Gasteiger partial charge is 0.0588 e. The van der Waals surface area contributed by atoms with Gasteiger partial charge >= 0.3 is 0 Å². The summed E-state index contributed by atoms with van der Waals surface area (Å²) in [7, 11) is 0. The van der Waals surface area contributed by atoms with Gasteiger partial charge in [-0.25, -0.2) is 0 Å². The van der Waals surface area contributed by atoms with Crippen molar-refractivity contribution in [2.45, 2.75) is 38.8 Å². The minimum Gasteiger partial charge on any atom is -0.311 e. The fourth-order valence-electron chi connectivity index (χ4n) is 10.7. The molecule has 0 atom stereocenters. The van der Waals surface area contributed by atoms with Crippen molar-refractivity contribution in [3.63, 3.8) is 0 Å². The molecule has 1 aliphatic carbocycles. The number of anilines is 3. The summed E-state index contributed by atoms with van der Waals surface area (Å²) in [6.07, 6.45) is 0. The summed E-state index contributed by atoms with van der Waals surface area (Å²) in [5.74, 6) is 0. The molecule has 0 radical (unpaired) electrons. The Bertz CT molecular complexity index is 3670. The Morgan fingerprint density at radius 3 is 1.45 bits per heavy atom. The Kier molecular flexibility index (Phi) is 9.42. The van der Waals surface area contributed by atoms with Gasteiger partial charge in [0, 0.05) is 58.5 Å². The van der Waals surface area contributed by atoms with Crippen LogP contribution in [0.3, 0.4) is 0 Å². The molecule has 0 saturated carbocycles. The highest BCUT2D eigenvalue weighted by atomic mass is 32.2. The van der Waals surface area contributed by atoms with Crippen LogP contribution in [0.1, 0.15) is 25.0 Å². The van der Waals surface area contributed by atoms with Crippen molar-refractivity contribution < 1.29 is 0 Å². The van der Waals surface area contributed by atoms with E-state index in [0.29, 0.717) is 0 Å². The number of nitrogens with zero attached hydrogens (tertiary/aromatic N) is 2. The van der Waals surface area contributed by atoms with Crippen LogP contribution < -0.4 is 4.90 Å². The zero-order chi connectivity index (χ0) is 44.6. The van der Waals surface area contributed by atoms with Crippen molar-refractivity contribution >= 4 is 62.4 Å². The summed E-state index contributed by atoms with van der Waals surface area (Å²) in [6.45, 7) is 4.88. The molecule has 0 unspecified atom stereocenters. The van der Waals surface area contributed by atoms with E-state index in [1.807, 2.05) is 23.5 Å². The highest BCUT2D eigenvalue weighted by molar-refractivity contribution is 8.05. The second-order valence-corrected chi connectivity index (χ2v) is 20.2. The molecule has 4 heteroatoms. The lowest BCUT2D eigenvalue weighted by Crippen LogP contribution is -2.18. The zero-order valence-corrected chi connectivity index (χ0v) is 38.8. The predicted molar refractivity (Wildman–Crippen MR) is 284 cm³/mol. The first-order valence-electron chi connectivity index (χ1n) is 23.0. The zero-order valence-electron chi connectivity index (χ0n) is 37.2. The molecule has 1 aliphatic heterocycles. The number of para-hydroxylation sites is 2. The largest absolute Gasteiger partial charge is 0.311 e. The van der Waals surface area contributed by atoms with Gasteiger partial charge in [-0.2, -0.15) is 0 Å². The van der Waals surface area contributed by atoms with E-state index in [2.05, 4.69) is 254 Å². The van der Waals surface area contributed by atoms with E-state index in [0.717, 1.165) is 17.1 Å². The molecular formula is C63H44N2S2. The van der Waals surface area contributed by atoms with E-state index in [4.69, 9.17) is 0 Å². The Morgan fingerprint density at radius 2 is 0.821 bits per heavy atom. The molecule has 2 heterocycles. The lowest BCUT2D eigenvalue weighted by Gasteiger charge is -2.28. The molecule has 0 bridgehead atoms. The normalized spacial score (nSPS) is 13.2. The lowest BCUT2D eigenvalue weighted by molar-refractivity contribution is 0.645. The fraction of sp³-hybridized carbons (Fsp3) is 0.0476. The van der Waals surface area contributed by atoms with E-state index in [1.54, 1.807) is 0 Å². The van der Waals surface area contributed by atoms with Crippen molar-refractivity contribution in [1.82, 2.24) is 4.57 Å². The molecule has 0 fully saturated rings. The third kappa shape index (κ3) is 6.58. The first-order chi connectivity index (χ1) is 33.0. The SMILES string of the molecule is CC1(C)c2c(ccc3c2Sc2ccccc2S3)-c2ccc3c4ccccc4n(-c4ccc(-c5ccc(-c6ccc(N(c7ccccc7)c7ccc(-c8ccccc8)cc7)cc6)cc5)cc4)c3c21. The van der Waals surface area contributed by atoms with Crippen LogP contribution in [0.15, 0.2) is 250 Å². The number of rotatable bonds is 7. The van der Waals surface area contributed by atoms with Gasteiger partial charge in [-0.05, 0) is 128 Å². The minimum absolute atomic E-state index is 0.208. The van der Waals surface area contributed by atoms with Gasteiger partial charge in [0.25, 0.3) is 0 Å². The minimum atomic E-state index is -0.208. The molecule has 2 nitrogen and oxygen atoms in total.